The maximum absolute atomic E-state index is 11.0. The molecular weight excluding hydrogens is 380 g/mol. The number of nitrogens with zero attached hydrogens (tertiary/aromatic N) is 6. The van der Waals surface area contributed by atoms with Gasteiger partial charge in [0.2, 0.25) is 0 Å². The molecule has 1 N–H and O–H groups in total. The molecule has 0 spiro atoms. The number of phenolic OH excluding ortho intramolecular Hbond substituents is 1. The van der Waals surface area contributed by atoms with Crippen LogP contribution in [0.15, 0.2) is 87.2 Å². The maximum atomic E-state index is 11.0. The third-order valence-electron chi connectivity index (χ3n) is 3.65. The molecule has 0 aliphatic rings. The van der Waals surface area contributed by atoms with Crippen LogP contribution in [0.4, 0.5) is 34.1 Å². The Morgan fingerprint density at radius 2 is 1.14 bits per heavy atom. The number of nitro benzene ring substituents is 2. The first-order valence-corrected chi connectivity index (χ1v) is 8.09. The number of phenols is 1. The fourth-order valence-corrected chi connectivity index (χ4v) is 2.28. The van der Waals surface area contributed by atoms with Crippen molar-refractivity contribution in [2.75, 3.05) is 0 Å². The van der Waals surface area contributed by atoms with E-state index >= 15 is 0 Å². The van der Waals surface area contributed by atoms with Crippen molar-refractivity contribution in [3.05, 3.63) is 87.0 Å². The van der Waals surface area contributed by atoms with Crippen LogP contribution in [0.25, 0.3) is 0 Å². The zero-order valence-corrected chi connectivity index (χ0v) is 14.6. The molecule has 3 aromatic rings. The Morgan fingerprint density at radius 3 is 1.69 bits per heavy atom. The SMILES string of the molecule is O=[N+]([O-])c1ccccc1N=Nc1ccc(O)c(N=Nc2ccccc2[N+](=O)[O-])c1. The number of rotatable bonds is 6. The predicted molar refractivity (Wildman–Crippen MR) is 103 cm³/mol. The van der Waals surface area contributed by atoms with Crippen LogP contribution in [-0.2, 0) is 0 Å². The average molecular weight is 392 g/mol. The predicted octanol–water partition coefficient (Wildman–Crippen LogP) is 6.04. The molecule has 0 aliphatic heterocycles. The van der Waals surface area contributed by atoms with Gasteiger partial charge in [-0.25, -0.2) is 0 Å². The zero-order valence-electron chi connectivity index (χ0n) is 14.6. The van der Waals surface area contributed by atoms with Crippen molar-refractivity contribution in [3.63, 3.8) is 0 Å². The van der Waals surface area contributed by atoms with E-state index in [4.69, 9.17) is 0 Å². The Kier molecular flexibility index (Phi) is 5.59. The van der Waals surface area contributed by atoms with Crippen molar-refractivity contribution in [1.82, 2.24) is 0 Å². The third-order valence-corrected chi connectivity index (χ3v) is 3.65. The average Bonchev–Trinajstić information content (AvgIpc) is 2.72. The topological polar surface area (TPSA) is 156 Å². The summed E-state index contributed by atoms with van der Waals surface area (Å²) < 4.78 is 0. The second-order valence-corrected chi connectivity index (χ2v) is 5.56. The number of hydrogen-bond acceptors (Lipinski definition) is 9. The maximum Gasteiger partial charge on any atom is 0.296 e. The minimum atomic E-state index is -0.592. The van der Waals surface area contributed by atoms with E-state index in [1.54, 1.807) is 12.1 Å². The normalized spacial score (nSPS) is 11.2. The Bertz CT molecular complexity index is 1150. The second-order valence-electron chi connectivity index (χ2n) is 5.56. The van der Waals surface area contributed by atoms with E-state index in [0.29, 0.717) is 0 Å². The van der Waals surface area contributed by atoms with E-state index in [1.165, 1.54) is 54.6 Å². The molecule has 0 bridgehead atoms. The van der Waals surface area contributed by atoms with E-state index in [9.17, 15) is 25.3 Å². The number of benzene rings is 3. The molecule has 0 aromatic heterocycles. The smallest absolute Gasteiger partial charge is 0.296 e. The summed E-state index contributed by atoms with van der Waals surface area (Å²) in [6.07, 6.45) is 0. The zero-order chi connectivity index (χ0) is 20.8. The fraction of sp³-hybridized carbons (Fsp3) is 0. The molecule has 11 nitrogen and oxygen atoms in total. The van der Waals surface area contributed by atoms with E-state index in [1.807, 2.05) is 0 Å². The first-order chi connectivity index (χ1) is 14.0. The quantitative estimate of drug-likeness (QED) is 0.307. The van der Waals surface area contributed by atoms with E-state index in [2.05, 4.69) is 20.5 Å². The molecule has 29 heavy (non-hydrogen) atoms. The van der Waals surface area contributed by atoms with Crippen LogP contribution in [0, 0.1) is 20.2 Å². The van der Waals surface area contributed by atoms with Gasteiger partial charge in [0.1, 0.15) is 11.4 Å². The molecule has 0 radical (unpaired) electrons. The molecule has 0 saturated heterocycles. The van der Waals surface area contributed by atoms with Crippen LogP contribution in [0.5, 0.6) is 5.75 Å². The molecule has 144 valence electrons. The van der Waals surface area contributed by atoms with Gasteiger partial charge in [0.05, 0.1) is 15.5 Å². The van der Waals surface area contributed by atoms with Gasteiger partial charge in [0.15, 0.2) is 11.4 Å². The molecule has 0 heterocycles. The number of para-hydroxylation sites is 2. The van der Waals surface area contributed by atoms with Crippen LogP contribution in [-0.4, -0.2) is 15.0 Å². The number of azo groups is 2. The molecule has 0 saturated carbocycles. The number of aromatic hydroxyl groups is 1. The second kappa shape index (κ2) is 8.43. The molecule has 0 atom stereocenters. The highest BCUT2D eigenvalue weighted by atomic mass is 16.6. The Balaban J connectivity index is 1.90. The summed E-state index contributed by atoms with van der Waals surface area (Å²) in [6.45, 7) is 0. The highest BCUT2D eigenvalue weighted by Crippen LogP contribution is 2.35. The monoisotopic (exact) mass is 392 g/mol. The van der Waals surface area contributed by atoms with E-state index in [-0.39, 0.29) is 39.9 Å². The summed E-state index contributed by atoms with van der Waals surface area (Å²) in [4.78, 5) is 20.9. The first kappa shape index (κ1) is 19.2. The van der Waals surface area contributed by atoms with Gasteiger partial charge in [-0.1, -0.05) is 24.3 Å². The first-order valence-electron chi connectivity index (χ1n) is 8.09. The Labute approximate surface area is 163 Å². The van der Waals surface area contributed by atoms with Gasteiger partial charge < -0.3 is 5.11 Å². The number of nitro groups is 2. The van der Waals surface area contributed by atoms with Gasteiger partial charge in [-0.05, 0) is 30.3 Å². The lowest BCUT2D eigenvalue weighted by Gasteiger charge is -2.00. The molecule has 0 unspecified atom stereocenters. The summed E-state index contributed by atoms with van der Waals surface area (Å²) in [5.41, 5.74) is -0.105. The van der Waals surface area contributed by atoms with Gasteiger partial charge in [-0.15, -0.1) is 15.3 Å². The summed E-state index contributed by atoms with van der Waals surface area (Å²) in [5, 5.41) is 47.4. The molecule has 0 amide bonds. The van der Waals surface area contributed by atoms with Crippen molar-refractivity contribution in [2.24, 2.45) is 20.5 Å². The summed E-state index contributed by atoms with van der Waals surface area (Å²) in [7, 11) is 0. The highest BCUT2D eigenvalue weighted by Gasteiger charge is 2.13. The Hall–Kier alpha value is -4.54. The standard InChI is InChI=1S/C18H12N6O5/c25-18-10-9-12(19-20-13-5-1-3-7-16(13)23(26)27)11-15(18)22-21-14-6-2-4-8-17(14)24(28)29/h1-11,25H. The lowest BCUT2D eigenvalue weighted by Crippen LogP contribution is -1.87. The molecule has 0 fully saturated rings. The highest BCUT2D eigenvalue weighted by molar-refractivity contribution is 5.61. The van der Waals surface area contributed by atoms with Crippen LogP contribution >= 0.6 is 0 Å². The van der Waals surface area contributed by atoms with E-state index < -0.39 is 9.85 Å². The number of hydrogen-bond donors (Lipinski definition) is 1. The van der Waals surface area contributed by atoms with E-state index in [0.717, 1.165) is 0 Å². The summed E-state index contributed by atoms with van der Waals surface area (Å²) >= 11 is 0. The van der Waals surface area contributed by atoms with Gasteiger partial charge in [0, 0.05) is 12.1 Å². The molecule has 3 rings (SSSR count). The van der Waals surface area contributed by atoms with Crippen LogP contribution < -0.4 is 0 Å². The molecule has 3 aromatic carbocycles. The Morgan fingerprint density at radius 1 is 0.655 bits per heavy atom. The molecular formula is C18H12N6O5. The largest absolute Gasteiger partial charge is 0.506 e. The summed E-state index contributed by atoms with van der Waals surface area (Å²) in [6, 6.07) is 15.7. The lowest BCUT2D eigenvalue weighted by molar-refractivity contribution is -0.384. The van der Waals surface area contributed by atoms with Crippen LogP contribution in [0.1, 0.15) is 0 Å². The minimum absolute atomic E-state index is 0.00200. The van der Waals surface area contributed by atoms with Crippen LogP contribution in [0.2, 0.25) is 0 Å². The summed E-state index contributed by atoms with van der Waals surface area (Å²) in [5.74, 6) is -0.225. The molecule has 11 heteroatoms. The fourth-order valence-electron chi connectivity index (χ4n) is 2.28. The van der Waals surface area contributed by atoms with Gasteiger partial charge in [0.25, 0.3) is 11.4 Å². The van der Waals surface area contributed by atoms with Crippen molar-refractivity contribution in [2.45, 2.75) is 0 Å². The van der Waals surface area contributed by atoms with Gasteiger partial charge in [-0.2, -0.15) is 5.11 Å². The minimum Gasteiger partial charge on any atom is -0.506 e. The van der Waals surface area contributed by atoms with Crippen LogP contribution in [0.3, 0.4) is 0 Å². The van der Waals surface area contributed by atoms with Crippen molar-refractivity contribution < 1.29 is 15.0 Å². The van der Waals surface area contributed by atoms with Crippen molar-refractivity contribution >= 4 is 34.1 Å². The lowest BCUT2D eigenvalue weighted by atomic mass is 10.2. The molecule has 0 aliphatic carbocycles. The van der Waals surface area contributed by atoms with Crippen molar-refractivity contribution in [1.29, 1.82) is 0 Å². The van der Waals surface area contributed by atoms with Gasteiger partial charge >= 0.3 is 0 Å². The third kappa shape index (κ3) is 4.60. The van der Waals surface area contributed by atoms with Gasteiger partial charge in [-0.3, -0.25) is 20.2 Å². The van der Waals surface area contributed by atoms with Crippen molar-refractivity contribution in [3.8, 4) is 5.75 Å².